The van der Waals surface area contributed by atoms with Gasteiger partial charge in [-0.05, 0) is 37.3 Å². The highest BCUT2D eigenvalue weighted by Crippen LogP contribution is 2.41. The summed E-state index contributed by atoms with van der Waals surface area (Å²) in [4.78, 5) is 30.1. The first-order chi connectivity index (χ1) is 15.5. The number of rotatable bonds is 6. The Morgan fingerprint density at radius 1 is 1.03 bits per heavy atom. The van der Waals surface area contributed by atoms with Gasteiger partial charge in [-0.3, -0.25) is 10.1 Å². The number of aryl methyl sites for hydroxylation is 1. The molecule has 0 aliphatic carbocycles. The van der Waals surface area contributed by atoms with Crippen LogP contribution >= 0.6 is 11.3 Å². The molecule has 0 fully saturated rings. The first-order valence-corrected chi connectivity index (χ1v) is 10.4. The average molecular weight is 452 g/mol. The Hall–Kier alpha value is -3.85. The largest absolute Gasteiger partial charge is 0.493 e. The number of hydrogen-bond acceptors (Lipinski definition) is 8. The second-order valence-electron chi connectivity index (χ2n) is 6.74. The number of nitrogens with zero attached hydrogens (tertiary/aromatic N) is 1. The lowest BCUT2D eigenvalue weighted by Gasteiger charge is -2.09. The fourth-order valence-corrected chi connectivity index (χ4v) is 4.33. The van der Waals surface area contributed by atoms with Crippen molar-refractivity contribution in [3.63, 3.8) is 0 Å². The van der Waals surface area contributed by atoms with Gasteiger partial charge < -0.3 is 18.6 Å². The first-order valence-electron chi connectivity index (χ1n) is 9.57. The zero-order chi connectivity index (χ0) is 22.8. The molecule has 2 heterocycles. The highest BCUT2D eigenvalue weighted by atomic mass is 32.1. The lowest BCUT2D eigenvalue weighted by atomic mass is 10.1. The van der Waals surface area contributed by atoms with Gasteiger partial charge in [0.2, 0.25) is 5.88 Å². The molecule has 4 aromatic rings. The van der Waals surface area contributed by atoms with Crippen molar-refractivity contribution in [1.29, 1.82) is 0 Å². The van der Waals surface area contributed by atoms with Crippen LogP contribution in [0.15, 0.2) is 46.9 Å². The highest BCUT2D eigenvalue weighted by Gasteiger charge is 2.29. The van der Waals surface area contributed by atoms with E-state index in [0.29, 0.717) is 33.4 Å². The van der Waals surface area contributed by atoms with Crippen LogP contribution in [0.3, 0.4) is 0 Å². The van der Waals surface area contributed by atoms with Crippen LogP contribution in [0, 0.1) is 6.92 Å². The first kappa shape index (κ1) is 21.4. The Morgan fingerprint density at radius 3 is 2.47 bits per heavy atom. The molecular formula is C23H20N2O6S. The van der Waals surface area contributed by atoms with Crippen LogP contribution in [0.25, 0.3) is 20.8 Å². The number of aromatic nitrogens is 1. The zero-order valence-corrected chi connectivity index (χ0v) is 18.7. The summed E-state index contributed by atoms with van der Waals surface area (Å²) in [6.07, 6.45) is 0. The van der Waals surface area contributed by atoms with E-state index >= 15 is 0 Å². The molecule has 0 saturated heterocycles. The number of hydrogen-bond donors (Lipinski definition) is 1. The molecule has 4 rings (SSSR count). The van der Waals surface area contributed by atoms with Crippen molar-refractivity contribution in [2.24, 2.45) is 0 Å². The Bertz CT molecular complexity index is 1290. The third kappa shape index (κ3) is 3.78. The molecule has 0 spiro atoms. The maximum Gasteiger partial charge on any atom is 0.342 e. The van der Waals surface area contributed by atoms with Crippen molar-refractivity contribution < 1.29 is 28.2 Å². The van der Waals surface area contributed by atoms with Gasteiger partial charge in [0, 0.05) is 5.56 Å². The van der Waals surface area contributed by atoms with Crippen molar-refractivity contribution in [1.82, 2.24) is 4.98 Å². The molecule has 164 valence electrons. The average Bonchev–Trinajstić information content (AvgIpc) is 3.38. The van der Waals surface area contributed by atoms with E-state index in [9.17, 15) is 9.59 Å². The number of furan rings is 1. The van der Waals surface area contributed by atoms with E-state index < -0.39 is 11.9 Å². The van der Waals surface area contributed by atoms with E-state index in [4.69, 9.17) is 18.6 Å². The molecule has 2 aromatic carbocycles. The second kappa shape index (κ2) is 8.72. The van der Waals surface area contributed by atoms with Crippen LogP contribution in [0.1, 0.15) is 26.5 Å². The lowest BCUT2D eigenvalue weighted by molar-refractivity contribution is 0.0599. The van der Waals surface area contributed by atoms with E-state index in [1.54, 1.807) is 25.1 Å². The topological polar surface area (TPSA) is 99.9 Å². The van der Waals surface area contributed by atoms with Gasteiger partial charge >= 0.3 is 5.97 Å². The van der Waals surface area contributed by atoms with Gasteiger partial charge in [-0.2, -0.15) is 0 Å². The predicted molar refractivity (Wildman–Crippen MR) is 121 cm³/mol. The minimum absolute atomic E-state index is 0.113. The molecule has 9 heteroatoms. The summed E-state index contributed by atoms with van der Waals surface area (Å²) in [6, 6.07) is 12.4. The molecule has 0 bridgehead atoms. The van der Waals surface area contributed by atoms with Crippen molar-refractivity contribution in [3.05, 3.63) is 59.4 Å². The molecule has 0 aliphatic rings. The zero-order valence-electron chi connectivity index (χ0n) is 17.8. The van der Waals surface area contributed by atoms with Gasteiger partial charge in [-0.15, -0.1) is 11.3 Å². The fourth-order valence-electron chi connectivity index (χ4n) is 3.32. The number of esters is 1. The molecule has 2 aromatic heterocycles. The SMILES string of the molecule is COC(=O)c1c(C)oc(NC(=O)c2ccc(OC)c(OC)c2)c1-c1nc2ccccc2s1. The minimum Gasteiger partial charge on any atom is -0.493 e. The molecule has 0 unspecified atom stereocenters. The van der Waals surface area contributed by atoms with E-state index in [1.165, 1.54) is 32.7 Å². The lowest BCUT2D eigenvalue weighted by Crippen LogP contribution is -2.12. The molecular weight excluding hydrogens is 432 g/mol. The number of benzene rings is 2. The Labute approximate surface area is 187 Å². The molecule has 0 saturated carbocycles. The van der Waals surface area contributed by atoms with Crippen LogP contribution in [-0.4, -0.2) is 38.2 Å². The molecule has 0 atom stereocenters. The van der Waals surface area contributed by atoms with Crippen LogP contribution in [0.5, 0.6) is 11.5 Å². The summed E-state index contributed by atoms with van der Waals surface area (Å²) in [5.41, 5.74) is 1.70. The molecule has 1 amide bonds. The maximum absolute atomic E-state index is 13.0. The van der Waals surface area contributed by atoms with Gasteiger partial charge in [0.05, 0.1) is 37.1 Å². The number of methoxy groups -OCH3 is 3. The Morgan fingerprint density at radius 2 is 1.78 bits per heavy atom. The van der Waals surface area contributed by atoms with Gasteiger partial charge in [-0.1, -0.05) is 12.1 Å². The predicted octanol–water partition coefficient (Wildman–Crippen LogP) is 4.92. The highest BCUT2D eigenvalue weighted by molar-refractivity contribution is 7.21. The van der Waals surface area contributed by atoms with Crippen LogP contribution in [-0.2, 0) is 4.74 Å². The number of nitrogens with one attached hydrogen (secondary N) is 1. The molecule has 1 N–H and O–H groups in total. The summed E-state index contributed by atoms with van der Waals surface area (Å²) in [6.45, 7) is 1.63. The third-order valence-corrected chi connectivity index (χ3v) is 5.91. The van der Waals surface area contributed by atoms with Crippen LogP contribution in [0.2, 0.25) is 0 Å². The van der Waals surface area contributed by atoms with Crippen LogP contribution < -0.4 is 14.8 Å². The Balaban J connectivity index is 1.79. The van der Waals surface area contributed by atoms with E-state index in [2.05, 4.69) is 10.3 Å². The number of thiazole rings is 1. The number of ether oxygens (including phenoxy) is 3. The smallest absolute Gasteiger partial charge is 0.342 e. The van der Waals surface area contributed by atoms with Crippen LogP contribution in [0.4, 0.5) is 5.88 Å². The number of carbonyl (C=O) groups is 2. The third-order valence-electron chi connectivity index (χ3n) is 4.85. The number of fused-ring (bicyclic) bond motifs is 1. The number of para-hydroxylation sites is 1. The number of anilines is 1. The maximum atomic E-state index is 13.0. The fraction of sp³-hybridized carbons (Fsp3) is 0.174. The summed E-state index contributed by atoms with van der Waals surface area (Å²) < 4.78 is 22.2. The number of carbonyl (C=O) groups excluding carboxylic acids is 2. The summed E-state index contributed by atoms with van der Waals surface area (Å²) in [7, 11) is 4.30. The molecule has 0 aliphatic heterocycles. The molecule has 32 heavy (non-hydrogen) atoms. The van der Waals surface area contributed by atoms with Gasteiger partial charge in [0.15, 0.2) is 11.5 Å². The summed E-state index contributed by atoms with van der Waals surface area (Å²) >= 11 is 1.39. The van der Waals surface area contributed by atoms with E-state index in [1.807, 2.05) is 24.3 Å². The van der Waals surface area contributed by atoms with Crippen molar-refractivity contribution in [2.45, 2.75) is 6.92 Å². The quantitative estimate of drug-likeness (QED) is 0.415. The molecule has 8 nitrogen and oxygen atoms in total. The Kier molecular flexibility index (Phi) is 5.83. The monoisotopic (exact) mass is 452 g/mol. The van der Waals surface area contributed by atoms with E-state index in [0.717, 1.165) is 10.2 Å². The normalized spacial score (nSPS) is 10.8. The standard InChI is InChI=1S/C23H20N2O6S/c1-12-18(23(27)30-4)19(22-24-14-7-5-6-8-17(14)32-22)21(31-12)25-20(26)13-9-10-15(28-2)16(11-13)29-3/h5-11H,1-4H3,(H,25,26). The van der Waals surface area contributed by atoms with Gasteiger partial charge in [-0.25, -0.2) is 9.78 Å². The van der Waals surface area contributed by atoms with Crippen molar-refractivity contribution >= 4 is 39.3 Å². The molecule has 0 radical (unpaired) electrons. The number of amides is 1. The van der Waals surface area contributed by atoms with Crippen molar-refractivity contribution in [2.75, 3.05) is 26.6 Å². The van der Waals surface area contributed by atoms with E-state index in [-0.39, 0.29) is 11.4 Å². The van der Waals surface area contributed by atoms with Gasteiger partial charge in [0.25, 0.3) is 5.91 Å². The minimum atomic E-state index is -0.577. The van der Waals surface area contributed by atoms with Crippen molar-refractivity contribution in [3.8, 4) is 22.1 Å². The summed E-state index contributed by atoms with van der Waals surface area (Å²) in [5.74, 6) is 0.319. The van der Waals surface area contributed by atoms with Gasteiger partial charge in [0.1, 0.15) is 16.3 Å². The second-order valence-corrected chi connectivity index (χ2v) is 7.77. The summed E-state index contributed by atoms with van der Waals surface area (Å²) in [5, 5.41) is 3.29.